The van der Waals surface area contributed by atoms with Crippen molar-refractivity contribution in [1.29, 1.82) is 0 Å². The lowest BCUT2D eigenvalue weighted by atomic mass is 10.4. The molecule has 10 heavy (non-hydrogen) atoms. The minimum atomic E-state index is 0.0509. The Morgan fingerprint density at radius 3 is 2.50 bits per heavy atom. The molecule has 0 aliphatic carbocycles. The Hall–Kier alpha value is -1.25. The van der Waals surface area contributed by atoms with Gasteiger partial charge in [0.15, 0.2) is 6.29 Å². The maximum Gasteiger partial charge on any atom is 0.170 e. The van der Waals surface area contributed by atoms with Crippen LogP contribution in [-0.2, 0) is 7.05 Å². The number of aldehydes is 1. The van der Waals surface area contributed by atoms with Crippen molar-refractivity contribution in [3.8, 4) is 5.75 Å². The van der Waals surface area contributed by atoms with E-state index in [-0.39, 0.29) is 5.75 Å². The lowest BCUT2D eigenvalue weighted by Crippen LogP contribution is -1.95. The Balaban J connectivity index is 3.33. The van der Waals surface area contributed by atoms with Crippen molar-refractivity contribution in [2.75, 3.05) is 0 Å². The van der Waals surface area contributed by atoms with Crippen molar-refractivity contribution < 1.29 is 9.90 Å². The summed E-state index contributed by atoms with van der Waals surface area (Å²) in [5.41, 5.74) is 1.21. The molecule has 0 aliphatic rings. The number of aromatic hydroxyl groups is 1. The third-order valence-corrected chi connectivity index (χ3v) is 1.61. The molecule has 0 unspecified atom stereocenters. The Labute approximate surface area is 58.9 Å². The minimum Gasteiger partial charge on any atom is -0.506 e. The van der Waals surface area contributed by atoms with Crippen LogP contribution in [0, 0.1) is 6.92 Å². The van der Waals surface area contributed by atoms with E-state index in [2.05, 4.69) is 0 Å². The van der Waals surface area contributed by atoms with Gasteiger partial charge in [-0.3, -0.25) is 4.79 Å². The smallest absolute Gasteiger partial charge is 0.170 e. The first-order valence-corrected chi connectivity index (χ1v) is 2.97. The Kier molecular flexibility index (Phi) is 1.49. The maximum absolute atomic E-state index is 10.3. The van der Waals surface area contributed by atoms with E-state index in [1.165, 1.54) is 0 Å². The molecule has 0 aliphatic heterocycles. The van der Waals surface area contributed by atoms with Crippen LogP contribution in [0.5, 0.6) is 5.75 Å². The molecule has 0 aromatic carbocycles. The van der Waals surface area contributed by atoms with E-state index >= 15 is 0 Å². The van der Waals surface area contributed by atoms with Gasteiger partial charge in [0.05, 0.1) is 0 Å². The summed E-state index contributed by atoms with van der Waals surface area (Å²) in [6, 6.07) is 1.56. The summed E-state index contributed by atoms with van der Waals surface area (Å²) in [6.07, 6.45) is 0.641. The molecule has 0 saturated carbocycles. The summed E-state index contributed by atoms with van der Waals surface area (Å²) in [6.45, 7) is 1.83. The third kappa shape index (κ3) is 0.795. The number of carbonyl (C=O) groups excluding carboxylic acids is 1. The second-order valence-electron chi connectivity index (χ2n) is 2.23. The fourth-order valence-electron chi connectivity index (χ4n) is 0.870. The number of hydrogen-bond donors (Lipinski definition) is 1. The SMILES string of the molecule is Cc1cc(O)c(C=O)n1C. The average molecular weight is 139 g/mol. The van der Waals surface area contributed by atoms with Crippen LogP contribution in [0.2, 0.25) is 0 Å². The lowest BCUT2D eigenvalue weighted by Gasteiger charge is -1.95. The third-order valence-electron chi connectivity index (χ3n) is 1.61. The second kappa shape index (κ2) is 2.17. The molecule has 0 amide bonds. The first-order valence-electron chi connectivity index (χ1n) is 2.97. The van der Waals surface area contributed by atoms with Gasteiger partial charge in [0, 0.05) is 18.8 Å². The van der Waals surface area contributed by atoms with Crippen molar-refractivity contribution in [1.82, 2.24) is 4.57 Å². The molecular weight excluding hydrogens is 130 g/mol. The second-order valence-corrected chi connectivity index (χ2v) is 2.23. The van der Waals surface area contributed by atoms with Crippen LogP contribution in [0.25, 0.3) is 0 Å². The Bertz CT molecular complexity index is 263. The summed E-state index contributed by atoms with van der Waals surface area (Å²) in [5.74, 6) is 0.0509. The van der Waals surface area contributed by atoms with Crippen LogP contribution in [0.4, 0.5) is 0 Å². The van der Waals surface area contributed by atoms with Gasteiger partial charge in [-0.15, -0.1) is 0 Å². The number of hydrogen-bond acceptors (Lipinski definition) is 2. The molecule has 0 radical (unpaired) electrons. The highest BCUT2D eigenvalue weighted by molar-refractivity contribution is 5.77. The molecule has 1 heterocycles. The molecule has 0 saturated heterocycles. The summed E-state index contributed by atoms with van der Waals surface area (Å²) in [4.78, 5) is 10.3. The fourth-order valence-corrected chi connectivity index (χ4v) is 0.870. The van der Waals surface area contributed by atoms with Gasteiger partial charge < -0.3 is 9.67 Å². The number of rotatable bonds is 1. The summed E-state index contributed by atoms with van der Waals surface area (Å²) in [7, 11) is 1.73. The molecule has 3 nitrogen and oxygen atoms in total. The van der Waals surface area contributed by atoms with Gasteiger partial charge in [-0.05, 0) is 6.92 Å². The highest BCUT2D eigenvalue weighted by atomic mass is 16.3. The highest BCUT2D eigenvalue weighted by Gasteiger charge is 2.06. The van der Waals surface area contributed by atoms with Gasteiger partial charge in [0.2, 0.25) is 0 Å². The van der Waals surface area contributed by atoms with Gasteiger partial charge in [-0.1, -0.05) is 0 Å². The average Bonchev–Trinajstić information content (AvgIpc) is 2.09. The molecule has 1 aromatic rings. The summed E-state index contributed by atoms with van der Waals surface area (Å²) < 4.78 is 1.64. The number of nitrogens with zero attached hydrogens (tertiary/aromatic N) is 1. The highest BCUT2D eigenvalue weighted by Crippen LogP contribution is 2.17. The Morgan fingerprint density at radius 1 is 1.70 bits per heavy atom. The standard InChI is InChI=1S/C7H9NO2/c1-5-3-7(10)6(4-9)8(5)2/h3-4,10H,1-2H3. The Morgan fingerprint density at radius 2 is 2.30 bits per heavy atom. The molecule has 1 N–H and O–H groups in total. The van der Waals surface area contributed by atoms with Gasteiger partial charge in [0.25, 0.3) is 0 Å². The van der Waals surface area contributed by atoms with E-state index in [1.54, 1.807) is 17.7 Å². The molecule has 0 fully saturated rings. The molecule has 54 valence electrons. The van der Waals surface area contributed by atoms with Gasteiger partial charge in [-0.2, -0.15) is 0 Å². The molecule has 3 heteroatoms. The monoisotopic (exact) mass is 139 g/mol. The quantitative estimate of drug-likeness (QED) is 0.586. The first-order chi connectivity index (χ1) is 4.66. The van der Waals surface area contributed by atoms with Crippen LogP contribution < -0.4 is 0 Å². The van der Waals surface area contributed by atoms with Crippen molar-refractivity contribution in [3.63, 3.8) is 0 Å². The zero-order chi connectivity index (χ0) is 7.72. The van der Waals surface area contributed by atoms with Gasteiger partial charge >= 0.3 is 0 Å². The largest absolute Gasteiger partial charge is 0.506 e. The van der Waals surface area contributed by atoms with Crippen LogP contribution in [0.3, 0.4) is 0 Å². The van der Waals surface area contributed by atoms with Gasteiger partial charge in [-0.25, -0.2) is 0 Å². The molecule has 0 atom stereocenters. The molecule has 1 aromatic heterocycles. The predicted molar refractivity (Wildman–Crippen MR) is 37.2 cm³/mol. The number of carbonyl (C=O) groups is 1. The fraction of sp³-hybridized carbons (Fsp3) is 0.286. The molecule has 0 spiro atoms. The van der Waals surface area contributed by atoms with E-state index < -0.39 is 0 Å². The normalized spacial score (nSPS) is 9.80. The summed E-state index contributed by atoms with van der Waals surface area (Å²) >= 11 is 0. The first kappa shape index (κ1) is 6.86. The van der Waals surface area contributed by atoms with E-state index in [0.29, 0.717) is 12.0 Å². The van der Waals surface area contributed by atoms with Crippen LogP contribution in [-0.4, -0.2) is 16.0 Å². The van der Waals surface area contributed by atoms with Crippen molar-refractivity contribution in [2.45, 2.75) is 6.92 Å². The van der Waals surface area contributed by atoms with Crippen molar-refractivity contribution >= 4 is 6.29 Å². The molecular formula is C7H9NO2. The summed E-state index contributed by atoms with van der Waals surface area (Å²) in [5, 5.41) is 9.06. The lowest BCUT2D eigenvalue weighted by molar-refractivity contribution is 0.111. The van der Waals surface area contributed by atoms with Crippen LogP contribution in [0.1, 0.15) is 16.2 Å². The molecule has 1 rings (SSSR count). The van der Waals surface area contributed by atoms with Crippen LogP contribution in [0.15, 0.2) is 6.07 Å². The van der Waals surface area contributed by atoms with Gasteiger partial charge in [0.1, 0.15) is 11.4 Å². The maximum atomic E-state index is 10.3. The minimum absolute atomic E-state index is 0.0509. The van der Waals surface area contributed by atoms with E-state index in [9.17, 15) is 4.79 Å². The zero-order valence-corrected chi connectivity index (χ0v) is 5.96. The predicted octanol–water partition coefficient (Wildman–Crippen LogP) is 0.852. The van der Waals surface area contributed by atoms with Crippen molar-refractivity contribution in [3.05, 3.63) is 17.5 Å². The van der Waals surface area contributed by atoms with E-state index in [1.807, 2.05) is 6.92 Å². The number of aromatic nitrogens is 1. The zero-order valence-electron chi connectivity index (χ0n) is 5.96. The molecule has 0 bridgehead atoms. The van der Waals surface area contributed by atoms with E-state index in [4.69, 9.17) is 5.11 Å². The van der Waals surface area contributed by atoms with E-state index in [0.717, 1.165) is 5.69 Å². The topological polar surface area (TPSA) is 42.2 Å². The van der Waals surface area contributed by atoms with Crippen molar-refractivity contribution in [2.24, 2.45) is 7.05 Å². The number of aryl methyl sites for hydroxylation is 1. The van der Waals surface area contributed by atoms with Crippen LogP contribution >= 0.6 is 0 Å².